The lowest BCUT2D eigenvalue weighted by Gasteiger charge is -2.29. The molecule has 0 fully saturated rings. The number of hydrogen-bond donors (Lipinski definition) is 1. The van der Waals surface area contributed by atoms with Crippen molar-refractivity contribution >= 4 is 0 Å². The van der Waals surface area contributed by atoms with Crippen molar-refractivity contribution in [1.29, 1.82) is 0 Å². The van der Waals surface area contributed by atoms with Crippen molar-refractivity contribution in [2.45, 2.75) is 38.3 Å². The van der Waals surface area contributed by atoms with Crippen molar-refractivity contribution in [1.82, 2.24) is 10.2 Å². The molecule has 0 saturated carbocycles. The SMILES string of the molecule is CCCCN(C)C1Cc2ccc(OC)cc2C1NC. The van der Waals surface area contributed by atoms with E-state index in [9.17, 15) is 0 Å². The Hall–Kier alpha value is -1.06. The van der Waals surface area contributed by atoms with Crippen molar-refractivity contribution in [3.8, 4) is 5.75 Å². The molecule has 2 atom stereocenters. The van der Waals surface area contributed by atoms with Crippen molar-refractivity contribution in [3.63, 3.8) is 0 Å². The molecule has 0 aliphatic heterocycles. The van der Waals surface area contributed by atoms with Gasteiger partial charge in [0.2, 0.25) is 0 Å². The van der Waals surface area contributed by atoms with Gasteiger partial charge in [-0.05, 0) is 56.7 Å². The Morgan fingerprint density at radius 2 is 2.21 bits per heavy atom. The maximum Gasteiger partial charge on any atom is 0.119 e. The minimum atomic E-state index is 0.409. The standard InChI is InChI=1S/C16H26N2O/c1-5-6-9-18(3)15-10-12-7-8-13(19-4)11-14(12)16(15)17-2/h7-8,11,15-17H,5-6,9-10H2,1-4H3. The van der Waals surface area contributed by atoms with Crippen LogP contribution in [0.2, 0.25) is 0 Å². The van der Waals surface area contributed by atoms with Gasteiger partial charge in [0.05, 0.1) is 7.11 Å². The molecule has 2 rings (SSSR count). The molecule has 0 spiro atoms. The van der Waals surface area contributed by atoms with Gasteiger partial charge in [-0.25, -0.2) is 0 Å². The predicted molar refractivity (Wildman–Crippen MR) is 79.8 cm³/mol. The lowest BCUT2D eigenvalue weighted by atomic mass is 10.1. The molecule has 3 nitrogen and oxygen atoms in total. The summed E-state index contributed by atoms with van der Waals surface area (Å²) >= 11 is 0. The summed E-state index contributed by atoms with van der Waals surface area (Å²) in [4.78, 5) is 2.50. The van der Waals surface area contributed by atoms with Gasteiger partial charge in [-0.2, -0.15) is 0 Å². The van der Waals surface area contributed by atoms with Gasteiger partial charge in [-0.3, -0.25) is 0 Å². The summed E-state index contributed by atoms with van der Waals surface area (Å²) in [6, 6.07) is 7.43. The molecule has 2 unspecified atom stereocenters. The number of benzene rings is 1. The molecule has 1 aliphatic carbocycles. The van der Waals surface area contributed by atoms with E-state index in [1.165, 1.54) is 30.5 Å². The van der Waals surface area contributed by atoms with Crippen LogP contribution in [0.5, 0.6) is 5.75 Å². The highest BCUT2D eigenvalue weighted by Crippen LogP contribution is 2.36. The minimum absolute atomic E-state index is 0.409. The van der Waals surface area contributed by atoms with Gasteiger partial charge in [-0.15, -0.1) is 0 Å². The zero-order valence-corrected chi connectivity index (χ0v) is 12.6. The van der Waals surface area contributed by atoms with Crippen LogP contribution in [0.1, 0.15) is 36.9 Å². The Morgan fingerprint density at radius 1 is 1.42 bits per heavy atom. The maximum absolute atomic E-state index is 5.35. The molecule has 106 valence electrons. The zero-order chi connectivity index (χ0) is 13.8. The number of rotatable bonds is 6. The second-order valence-electron chi connectivity index (χ2n) is 5.44. The Labute approximate surface area is 116 Å². The van der Waals surface area contributed by atoms with Crippen LogP contribution >= 0.6 is 0 Å². The summed E-state index contributed by atoms with van der Waals surface area (Å²) in [5.74, 6) is 0.955. The molecule has 1 aromatic carbocycles. The normalized spacial score (nSPS) is 21.7. The van der Waals surface area contributed by atoms with Gasteiger partial charge >= 0.3 is 0 Å². The highest BCUT2D eigenvalue weighted by molar-refractivity contribution is 5.42. The quantitative estimate of drug-likeness (QED) is 0.853. The van der Waals surface area contributed by atoms with Crippen molar-refractivity contribution in [2.24, 2.45) is 0 Å². The summed E-state index contributed by atoms with van der Waals surface area (Å²) in [6.07, 6.45) is 3.65. The monoisotopic (exact) mass is 262 g/mol. The summed E-state index contributed by atoms with van der Waals surface area (Å²) in [5, 5.41) is 3.48. The van der Waals surface area contributed by atoms with Gasteiger partial charge in [0.15, 0.2) is 0 Å². The molecule has 19 heavy (non-hydrogen) atoms. The van der Waals surface area contributed by atoms with Crippen LogP contribution in [0.15, 0.2) is 18.2 Å². The fourth-order valence-corrected chi connectivity index (χ4v) is 3.06. The molecule has 1 N–H and O–H groups in total. The summed E-state index contributed by atoms with van der Waals surface area (Å²) in [6.45, 7) is 3.42. The highest BCUT2D eigenvalue weighted by atomic mass is 16.5. The van der Waals surface area contributed by atoms with Crippen molar-refractivity contribution in [3.05, 3.63) is 29.3 Å². The van der Waals surface area contributed by atoms with E-state index < -0.39 is 0 Å². The predicted octanol–water partition coefficient (Wildman–Crippen LogP) is 2.61. The third-order valence-corrected chi connectivity index (χ3v) is 4.24. The van der Waals surface area contributed by atoms with Gasteiger partial charge in [0.1, 0.15) is 5.75 Å². The lowest BCUT2D eigenvalue weighted by Crippen LogP contribution is -2.40. The fourth-order valence-electron chi connectivity index (χ4n) is 3.06. The molecule has 1 aliphatic rings. The third-order valence-electron chi connectivity index (χ3n) is 4.24. The highest BCUT2D eigenvalue weighted by Gasteiger charge is 2.33. The molecule has 0 bridgehead atoms. The summed E-state index contributed by atoms with van der Waals surface area (Å²) in [5.41, 5.74) is 2.85. The van der Waals surface area contributed by atoms with Gasteiger partial charge in [0.25, 0.3) is 0 Å². The minimum Gasteiger partial charge on any atom is -0.497 e. The number of likely N-dealkylation sites (N-methyl/N-ethyl adjacent to an activating group) is 2. The number of methoxy groups -OCH3 is 1. The first kappa shape index (κ1) is 14.4. The zero-order valence-electron chi connectivity index (χ0n) is 12.6. The number of ether oxygens (including phenoxy) is 1. The van der Waals surface area contributed by atoms with Crippen molar-refractivity contribution < 1.29 is 4.74 Å². The topological polar surface area (TPSA) is 24.5 Å². The Bertz CT molecular complexity index is 419. The van der Waals surface area contributed by atoms with Crippen LogP contribution in [0.3, 0.4) is 0 Å². The van der Waals surface area contributed by atoms with Crippen LogP contribution in [-0.2, 0) is 6.42 Å². The smallest absolute Gasteiger partial charge is 0.119 e. The third kappa shape index (κ3) is 2.93. The first-order valence-corrected chi connectivity index (χ1v) is 7.25. The van der Waals surface area contributed by atoms with Crippen LogP contribution in [0.25, 0.3) is 0 Å². The number of hydrogen-bond acceptors (Lipinski definition) is 3. The number of unbranched alkanes of at least 4 members (excludes halogenated alkanes) is 1. The van der Waals surface area contributed by atoms with Crippen molar-refractivity contribution in [2.75, 3.05) is 27.7 Å². The number of nitrogens with one attached hydrogen (secondary N) is 1. The van der Waals surface area contributed by atoms with E-state index in [0.717, 1.165) is 12.2 Å². The second-order valence-corrected chi connectivity index (χ2v) is 5.44. The Kier molecular flexibility index (Phi) is 4.83. The van der Waals surface area contributed by atoms with Crippen LogP contribution in [0, 0.1) is 0 Å². The van der Waals surface area contributed by atoms with Gasteiger partial charge in [-0.1, -0.05) is 19.4 Å². The Balaban J connectivity index is 2.18. The van der Waals surface area contributed by atoms with E-state index in [1.807, 2.05) is 0 Å². The molecule has 0 saturated heterocycles. The lowest BCUT2D eigenvalue weighted by molar-refractivity contribution is 0.206. The van der Waals surface area contributed by atoms with Crippen LogP contribution in [-0.4, -0.2) is 38.7 Å². The molecule has 0 aromatic heterocycles. The maximum atomic E-state index is 5.35. The van der Waals surface area contributed by atoms with E-state index in [-0.39, 0.29) is 0 Å². The Morgan fingerprint density at radius 3 is 2.84 bits per heavy atom. The van der Waals surface area contributed by atoms with E-state index in [2.05, 4.69) is 49.4 Å². The molecular weight excluding hydrogens is 236 g/mol. The molecule has 0 amide bonds. The molecule has 3 heteroatoms. The van der Waals surface area contributed by atoms with Gasteiger partial charge < -0.3 is 15.0 Å². The van der Waals surface area contributed by atoms with Gasteiger partial charge in [0, 0.05) is 12.1 Å². The average Bonchev–Trinajstić information content (AvgIpc) is 2.82. The summed E-state index contributed by atoms with van der Waals surface area (Å²) < 4.78 is 5.35. The largest absolute Gasteiger partial charge is 0.497 e. The average molecular weight is 262 g/mol. The van der Waals surface area contributed by atoms with Crippen LogP contribution < -0.4 is 10.1 Å². The van der Waals surface area contributed by atoms with Crippen LogP contribution in [0.4, 0.5) is 0 Å². The van der Waals surface area contributed by atoms with E-state index >= 15 is 0 Å². The number of nitrogens with zero attached hydrogens (tertiary/aromatic N) is 1. The van der Waals surface area contributed by atoms with E-state index in [1.54, 1.807) is 7.11 Å². The number of fused-ring (bicyclic) bond motifs is 1. The fraction of sp³-hybridized carbons (Fsp3) is 0.625. The molecule has 1 aromatic rings. The van der Waals surface area contributed by atoms with E-state index in [0.29, 0.717) is 12.1 Å². The first-order chi connectivity index (χ1) is 9.21. The second kappa shape index (κ2) is 6.40. The molecule has 0 heterocycles. The molecular formula is C16H26N2O. The molecule has 0 radical (unpaired) electrons. The van der Waals surface area contributed by atoms with E-state index in [4.69, 9.17) is 4.74 Å². The first-order valence-electron chi connectivity index (χ1n) is 7.25. The summed E-state index contributed by atoms with van der Waals surface area (Å²) in [7, 11) is 6.03.